The van der Waals surface area contributed by atoms with Crippen LogP contribution in [0.2, 0.25) is 0 Å². The molecule has 5 rings (SSSR count). The maximum Gasteiger partial charge on any atom is 0.230 e. The Labute approximate surface area is 201 Å². The minimum atomic E-state index is -1.53. The minimum Gasteiger partial charge on any atom is -0.383 e. The van der Waals surface area contributed by atoms with Crippen LogP contribution >= 0.6 is 0 Å². The number of nitrogens with zero attached hydrogens (tertiary/aromatic N) is 4. The highest BCUT2D eigenvalue weighted by Gasteiger charge is 2.61. The second kappa shape index (κ2) is 8.62. The van der Waals surface area contributed by atoms with Crippen molar-refractivity contribution in [2.24, 2.45) is 5.41 Å². The average molecular weight is 482 g/mol. The number of carbonyl (C=O) groups is 1. The number of likely N-dealkylation sites (tertiary alicyclic amines) is 1. The molecule has 9 heteroatoms. The van der Waals surface area contributed by atoms with Crippen molar-refractivity contribution in [2.45, 2.75) is 51.5 Å². The minimum absolute atomic E-state index is 0.00934. The van der Waals surface area contributed by atoms with Gasteiger partial charge in [0.05, 0.1) is 11.6 Å². The Balaban J connectivity index is 1.28. The second-order valence-electron chi connectivity index (χ2n) is 9.62. The van der Waals surface area contributed by atoms with Crippen LogP contribution in [0.4, 0.5) is 19.0 Å². The van der Waals surface area contributed by atoms with Crippen molar-refractivity contribution in [1.82, 2.24) is 19.9 Å². The van der Waals surface area contributed by atoms with Gasteiger partial charge in [0.1, 0.15) is 5.82 Å². The molecule has 1 unspecified atom stereocenters. The van der Waals surface area contributed by atoms with Crippen molar-refractivity contribution in [3.05, 3.63) is 70.9 Å². The van der Waals surface area contributed by atoms with Gasteiger partial charge in [-0.3, -0.25) is 4.79 Å². The molecule has 0 radical (unpaired) electrons. The smallest absolute Gasteiger partial charge is 0.230 e. The Morgan fingerprint density at radius 3 is 2.54 bits per heavy atom. The number of carbonyl (C=O) groups excluding carboxylic acids is 1. The molecule has 3 atom stereocenters. The standard InChI is InChI=1S/C26H26F3N5O/c1-14(17-11-19(27)22(29)20(28)12-17)25(35)34-9-6-26(13-21(26)34)5-4-16-10-18(15(2)33-23(16)30)24-31-7-3-8-32-24/h3,7-8,10-12,14,21H,4-6,9,13H2,1-2H3,(H2,30,33)/t14-,21?,26+/m0/s1. The van der Waals surface area contributed by atoms with E-state index in [9.17, 15) is 18.0 Å². The Kier molecular flexibility index (Phi) is 5.73. The summed E-state index contributed by atoms with van der Waals surface area (Å²) >= 11 is 0. The van der Waals surface area contributed by atoms with Crippen molar-refractivity contribution in [3.8, 4) is 11.4 Å². The van der Waals surface area contributed by atoms with Crippen LogP contribution in [0.15, 0.2) is 36.7 Å². The molecule has 35 heavy (non-hydrogen) atoms. The van der Waals surface area contributed by atoms with Gasteiger partial charge in [-0.2, -0.15) is 0 Å². The quantitative estimate of drug-likeness (QED) is 0.521. The fourth-order valence-corrected chi connectivity index (χ4v) is 5.32. The number of rotatable bonds is 6. The molecule has 1 saturated carbocycles. The largest absolute Gasteiger partial charge is 0.383 e. The summed E-state index contributed by atoms with van der Waals surface area (Å²) in [6.45, 7) is 4.06. The maximum absolute atomic E-state index is 13.7. The first-order valence-electron chi connectivity index (χ1n) is 11.7. The van der Waals surface area contributed by atoms with Gasteiger partial charge >= 0.3 is 0 Å². The van der Waals surface area contributed by atoms with Crippen LogP contribution in [-0.2, 0) is 11.2 Å². The lowest BCUT2D eigenvalue weighted by molar-refractivity contribution is -0.132. The van der Waals surface area contributed by atoms with Gasteiger partial charge in [0.2, 0.25) is 5.91 Å². The molecule has 2 aromatic heterocycles. The summed E-state index contributed by atoms with van der Waals surface area (Å²) in [4.78, 5) is 28.1. The third-order valence-electron chi connectivity index (χ3n) is 7.56. The number of fused-ring (bicyclic) bond motifs is 1. The Morgan fingerprint density at radius 1 is 1.20 bits per heavy atom. The fraction of sp³-hybridized carbons (Fsp3) is 0.385. The lowest BCUT2D eigenvalue weighted by Crippen LogP contribution is -2.34. The van der Waals surface area contributed by atoms with E-state index in [-0.39, 0.29) is 22.9 Å². The van der Waals surface area contributed by atoms with E-state index in [1.165, 1.54) is 0 Å². The molecule has 2 fully saturated rings. The summed E-state index contributed by atoms with van der Waals surface area (Å²) in [5.41, 5.74) is 8.90. The molecule has 1 saturated heterocycles. The number of hydrogen-bond donors (Lipinski definition) is 1. The first-order valence-corrected chi connectivity index (χ1v) is 11.7. The van der Waals surface area contributed by atoms with Crippen molar-refractivity contribution in [1.29, 1.82) is 0 Å². The number of amides is 1. The van der Waals surface area contributed by atoms with E-state index < -0.39 is 23.4 Å². The molecule has 2 aliphatic rings. The Morgan fingerprint density at radius 2 is 1.89 bits per heavy atom. The van der Waals surface area contributed by atoms with E-state index in [1.807, 2.05) is 17.9 Å². The molecule has 0 spiro atoms. The van der Waals surface area contributed by atoms with Crippen LogP contribution in [0.3, 0.4) is 0 Å². The number of aryl methyl sites for hydroxylation is 2. The summed E-state index contributed by atoms with van der Waals surface area (Å²) in [6.07, 6.45) is 6.67. The molecule has 1 aliphatic heterocycles. The maximum atomic E-state index is 13.7. The highest BCUT2D eigenvalue weighted by atomic mass is 19.2. The molecular weight excluding hydrogens is 455 g/mol. The van der Waals surface area contributed by atoms with Crippen molar-refractivity contribution >= 4 is 11.7 Å². The van der Waals surface area contributed by atoms with Gasteiger partial charge in [-0.05, 0) is 80.3 Å². The van der Waals surface area contributed by atoms with Crippen LogP contribution in [0.5, 0.6) is 0 Å². The number of benzene rings is 1. The van der Waals surface area contributed by atoms with Gasteiger partial charge in [-0.15, -0.1) is 0 Å². The highest BCUT2D eigenvalue weighted by Crippen LogP contribution is 2.60. The summed E-state index contributed by atoms with van der Waals surface area (Å²) in [5.74, 6) is -3.97. The number of pyridine rings is 1. The molecule has 3 aromatic rings. The van der Waals surface area contributed by atoms with Gasteiger partial charge in [0.25, 0.3) is 0 Å². The van der Waals surface area contributed by atoms with Gasteiger partial charge in [0.15, 0.2) is 23.3 Å². The molecule has 0 bridgehead atoms. The fourth-order valence-electron chi connectivity index (χ4n) is 5.32. The van der Waals surface area contributed by atoms with Crippen LogP contribution in [0.25, 0.3) is 11.4 Å². The Bertz CT molecular complexity index is 1280. The van der Waals surface area contributed by atoms with E-state index in [0.29, 0.717) is 24.6 Å². The third kappa shape index (κ3) is 4.13. The van der Waals surface area contributed by atoms with E-state index >= 15 is 0 Å². The van der Waals surface area contributed by atoms with E-state index in [0.717, 1.165) is 48.2 Å². The number of aromatic nitrogens is 3. The lowest BCUT2D eigenvalue weighted by atomic mass is 9.94. The van der Waals surface area contributed by atoms with E-state index in [1.54, 1.807) is 25.4 Å². The van der Waals surface area contributed by atoms with Crippen LogP contribution in [0, 0.1) is 29.8 Å². The summed E-state index contributed by atoms with van der Waals surface area (Å²) in [5, 5.41) is 0. The monoisotopic (exact) mass is 481 g/mol. The number of halogens is 3. The number of piperidine rings is 1. The van der Waals surface area contributed by atoms with Crippen LogP contribution in [0.1, 0.15) is 48.9 Å². The third-order valence-corrected chi connectivity index (χ3v) is 7.56. The molecule has 6 nitrogen and oxygen atoms in total. The molecule has 3 heterocycles. The van der Waals surface area contributed by atoms with Crippen molar-refractivity contribution in [2.75, 3.05) is 12.3 Å². The number of hydrogen-bond acceptors (Lipinski definition) is 5. The molecule has 182 valence electrons. The predicted octanol–water partition coefficient (Wildman–Crippen LogP) is 4.57. The van der Waals surface area contributed by atoms with E-state index in [2.05, 4.69) is 15.0 Å². The van der Waals surface area contributed by atoms with Gasteiger partial charge < -0.3 is 10.6 Å². The summed E-state index contributed by atoms with van der Waals surface area (Å²) < 4.78 is 40.7. The topological polar surface area (TPSA) is 85.0 Å². The second-order valence-corrected chi connectivity index (χ2v) is 9.62. The summed E-state index contributed by atoms with van der Waals surface area (Å²) in [7, 11) is 0. The van der Waals surface area contributed by atoms with Gasteiger partial charge in [-0.1, -0.05) is 0 Å². The van der Waals surface area contributed by atoms with E-state index in [4.69, 9.17) is 5.73 Å². The molecular formula is C26H26F3N5O. The van der Waals surface area contributed by atoms with Crippen LogP contribution in [-0.4, -0.2) is 38.3 Å². The van der Waals surface area contributed by atoms with Crippen LogP contribution < -0.4 is 5.73 Å². The molecule has 1 aliphatic carbocycles. The lowest BCUT2D eigenvalue weighted by Gasteiger charge is -2.23. The zero-order valence-electron chi connectivity index (χ0n) is 19.6. The number of nitrogens with two attached hydrogens (primary N) is 1. The normalized spacial score (nSPS) is 21.6. The zero-order chi connectivity index (χ0) is 24.9. The first kappa shape index (κ1) is 23.3. The van der Waals surface area contributed by atoms with Gasteiger partial charge in [0, 0.05) is 30.5 Å². The molecule has 1 amide bonds. The molecule has 1 aromatic carbocycles. The van der Waals surface area contributed by atoms with Crippen molar-refractivity contribution in [3.63, 3.8) is 0 Å². The average Bonchev–Trinajstić information content (AvgIpc) is 3.44. The summed E-state index contributed by atoms with van der Waals surface area (Å²) in [6, 6.07) is 5.65. The number of anilines is 1. The molecule has 2 N–H and O–H groups in total. The zero-order valence-corrected chi connectivity index (χ0v) is 19.6. The number of nitrogen functional groups attached to an aromatic ring is 1. The SMILES string of the molecule is Cc1nc(N)c(CC[C@]23CCN(C(=O)[C@@H](C)c4cc(F)c(F)c(F)c4)C2C3)cc1-c1ncccn1. The Hall–Kier alpha value is -3.49. The highest BCUT2D eigenvalue weighted by molar-refractivity contribution is 5.84. The van der Waals surface area contributed by atoms with Gasteiger partial charge in [-0.25, -0.2) is 28.1 Å². The van der Waals surface area contributed by atoms with Crippen molar-refractivity contribution < 1.29 is 18.0 Å². The predicted molar refractivity (Wildman–Crippen MR) is 125 cm³/mol. The first-order chi connectivity index (χ1) is 16.7.